The molecule has 3 aromatic rings. The largest absolute Gasteiger partial charge is 0.494 e. The zero-order valence-corrected chi connectivity index (χ0v) is 16.6. The van der Waals surface area contributed by atoms with E-state index in [1.807, 2.05) is 60.7 Å². The molecular formula is C24H22Cl2O. The van der Waals surface area contributed by atoms with E-state index in [1.54, 1.807) is 0 Å². The van der Waals surface area contributed by atoms with Gasteiger partial charge in [0, 0.05) is 11.5 Å². The molecule has 0 fully saturated rings. The Morgan fingerprint density at radius 2 is 1.22 bits per heavy atom. The topological polar surface area (TPSA) is 9.23 Å². The lowest BCUT2D eigenvalue weighted by molar-refractivity contribution is 0.309. The molecule has 3 rings (SSSR count). The molecule has 0 heterocycles. The second-order valence-electron chi connectivity index (χ2n) is 6.19. The van der Waals surface area contributed by atoms with Crippen molar-refractivity contribution in [2.45, 2.75) is 12.8 Å². The fourth-order valence-corrected chi connectivity index (χ4v) is 3.39. The van der Waals surface area contributed by atoms with Crippen LogP contribution in [-0.2, 0) is 0 Å². The highest BCUT2D eigenvalue weighted by Gasteiger charge is 2.12. The Balaban J connectivity index is 1.92. The van der Waals surface area contributed by atoms with Crippen LogP contribution in [0.5, 0.6) is 5.75 Å². The fraction of sp³-hybridized carbons (Fsp3) is 0.167. The van der Waals surface area contributed by atoms with Crippen molar-refractivity contribution in [3.05, 3.63) is 102 Å². The fourth-order valence-electron chi connectivity index (χ4n) is 2.86. The molecule has 0 aliphatic carbocycles. The van der Waals surface area contributed by atoms with Crippen LogP contribution in [0.4, 0.5) is 0 Å². The predicted molar refractivity (Wildman–Crippen MR) is 117 cm³/mol. The summed E-state index contributed by atoms with van der Waals surface area (Å²) in [5, 5.41) is 0.734. The van der Waals surface area contributed by atoms with Gasteiger partial charge >= 0.3 is 0 Å². The first-order valence-electron chi connectivity index (χ1n) is 9.09. The lowest BCUT2D eigenvalue weighted by atomic mass is 9.95. The molecule has 0 saturated heterocycles. The third kappa shape index (κ3) is 5.38. The van der Waals surface area contributed by atoms with E-state index in [2.05, 4.69) is 24.3 Å². The predicted octanol–water partition coefficient (Wildman–Crippen LogP) is 7.24. The Morgan fingerprint density at radius 3 is 1.81 bits per heavy atom. The first-order valence-corrected chi connectivity index (χ1v) is 10.0. The second-order valence-corrected chi connectivity index (χ2v) is 6.95. The van der Waals surface area contributed by atoms with E-state index in [9.17, 15) is 0 Å². The molecule has 0 spiro atoms. The van der Waals surface area contributed by atoms with Crippen molar-refractivity contribution in [2.24, 2.45) is 0 Å². The lowest BCUT2D eigenvalue weighted by Gasteiger charge is -2.13. The molecule has 0 aliphatic rings. The van der Waals surface area contributed by atoms with Gasteiger partial charge in [0.05, 0.1) is 11.6 Å². The Labute approximate surface area is 171 Å². The van der Waals surface area contributed by atoms with Gasteiger partial charge in [0.15, 0.2) is 0 Å². The Morgan fingerprint density at radius 1 is 0.667 bits per heavy atom. The first-order chi connectivity index (χ1) is 13.3. The third-order valence-electron chi connectivity index (χ3n) is 4.25. The normalized spacial score (nSPS) is 11.8. The summed E-state index contributed by atoms with van der Waals surface area (Å²) in [5.41, 5.74) is 4.15. The van der Waals surface area contributed by atoms with Crippen molar-refractivity contribution in [3.63, 3.8) is 0 Å². The molecule has 0 bridgehead atoms. The van der Waals surface area contributed by atoms with Gasteiger partial charge < -0.3 is 4.74 Å². The molecule has 0 unspecified atom stereocenters. The van der Waals surface area contributed by atoms with Crippen molar-refractivity contribution in [1.29, 1.82) is 0 Å². The Bertz CT molecular complexity index is 856. The molecule has 0 radical (unpaired) electrons. The standard InChI is InChI=1S/C24H22Cl2O/c25-17-7-8-18-27-22-15-13-20(14-16-22)23(19-9-3-1-4-10-19)24(26)21-11-5-2-6-12-21/h1-6,9-16H,7-8,17-18H2. The summed E-state index contributed by atoms with van der Waals surface area (Å²) in [6.45, 7) is 0.679. The molecule has 0 aliphatic heterocycles. The number of benzene rings is 3. The minimum Gasteiger partial charge on any atom is -0.494 e. The second kappa shape index (κ2) is 10.2. The van der Waals surface area contributed by atoms with Crippen LogP contribution >= 0.6 is 23.2 Å². The minimum atomic E-state index is 0.672. The van der Waals surface area contributed by atoms with E-state index in [4.69, 9.17) is 27.9 Å². The highest BCUT2D eigenvalue weighted by molar-refractivity contribution is 6.53. The summed E-state index contributed by atoms with van der Waals surface area (Å²) in [4.78, 5) is 0. The van der Waals surface area contributed by atoms with Gasteiger partial charge in [-0.25, -0.2) is 0 Å². The van der Waals surface area contributed by atoms with E-state index in [0.29, 0.717) is 12.5 Å². The van der Waals surface area contributed by atoms with Gasteiger partial charge in [-0.15, -0.1) is 11.6 Å². The molecular weight excluding hydrogens is 375 g/mol. The SMILES string of the molecule is ClCCCCOc1ccc(C(=C(Cl)c2ccccc2)c2ccccc2)cc1. The van der Waals surface area contributed by atoms with Crippen LogP contribution < -0.4 is 4.74 Å². The first kappa shape index (κ1) is 19.5. The monoisotopic (exact) mass is 396 g/mol. The molecule has 0 saturated carbocycles. The third-order valence-corrected chi connectivity index (χ3v) is 4.92. The number of unbranched alkanes of at least 4 members (excludes halogenated alkanes) is 1. The van der Waals surface area contributed by atoms with E-state index in [-0.39, 0.29) is 0 Å². The van der Waals surface area contributed by atoms with Crippen molar-refractivity contribution in [1.82, 2.24) is 0 Å². The molecule has 138 valence electrons. The molecule has 1 nitrogen and oxygen atoms in total. The minimum absolute atomic E-state index is 0.672. The smallest absolute Gasteiger partial charge is 0.119 e. The number of hydrogen-bond donors (Lipinski definition) is 0. The number of halogens is 2. The molecule has 3 aromatic carbocycles. The average molecular weight is 397 g/mol. The molecule has 0 aromatic heterocycles. The van der Waals surface area contributed by atoms with Gasteiger partial charge in [0.25, 0.3) is 0 Å². The quantitative estimate of drug-likeness (QED) is 0.221. The van der Waals surface area contributed by atoms with E-state index in [1.165, 1.54) is 0 Å². The number of ether oxygens (including phenoxy) is 1. The number of hydrogen-bond acceptors (Lipinski definition) is 1. The summed E-state index contributed by atoms with van der Waals surface area (Å²) in [6, 6.07) is 28.4. The van der Waals surface area contributed by atoms with Crippen molar-refractivity contribution < 1.29 is 4.74 Å². The number of alkyl halides is 1. The summed E-state index contributed by atoms with van der Waals surface area (Å²) >= 11 is 12.5. The van der Waals surface area contributed by atoms with Crippen molar-refractivity contribution in [3.8, 4) is 5.75 Å². The van der Waals surface area contributed by atoms with Crippen LogP contribution in [-0.4, -0.2) is 12.5 Å². The van der Waals surface area contributed by atoms with Crippen LogP contribution in [0.25, 0.3) is 10.6 Å². The van der Waals surface area contributed by atoms with Crippen molar-refractivity contribution in [2.75, 3.05) is 12.5 Å². The molecule has 27 heavy (non-hydrogen) atoms. The van der Waals surface area contributed by atoms with Gasteiger partial charge in [-0.05, 0) is 41.7 Å². The molecule has 0 N–H and O–H groups in total. The van der Waals surface area contributed by atoms with E-state index >= 15 is 0 Å². The van der Waals surface area contributed by atoms with Gasteiger partial charge in [-0.3, -0.25) is 0 Å². The van der Waals surface area contributed by atoms with Gasteiger partial charge in [0.2, 0.25) is 0 Å². The highest BCUT2D eigenvalue weighted by Crippen LogP contribution is 2.35. The van der Waals surface area contributed by atoms with Gasteiger partial charge in [0.1, 0.15) is 5.75 Å². The van der Waals surface area contributed by atoms with E-state index in [0.717, 1.165) is 45.9 Å². The molecule has 0 amide bonds. The van der Waals surface area contributed by atoms with Crippen LogP contribution in [0.2, 0.25) is 0 Å². The van der Waals surface area contributed by atoms with Crippen LogP contribution in [0, 0.1) is 0 Å². The lowest BCUT2D eigenvalue weighted by Crippen LogP contribution is -1.98. The maximum absolute atomic E-state index is 6.84. The average Bonchev–Trinajstić information content (AvgIpc) is 2.74. The Kier molecular flexibility index (Phi) is 7.38. The summed E-state index contributed by atoms with van der Waals surface area (Å²) in [6.07, 6.45) is 1.92. The van der Waals surface area contributed by atoms with Gasteiger partial charge in [-0.2, -0.15) is 0 Å². The zero-order chi connectivity index (χ0) is 18.9. The van der Waals surface area contributed by atoms with Crippen molar-refractivity contribution >= 4 is 33.8 Å². The summed E-state index contributed by atoms with van der Waals surface area (Å²) in [5.74, 6) is 1.53. The van der Waals surface area contributed by atoms with Crippen LogP contribution in [0.3, 0.4) is 0 Å². The maximum atomic E-state index is 6.84. The highest BCUT2D eigenvalue weighted by atomic mass is 35.5. The molecule has 0 atom stereocenters. The summed E-state index contributed by atoms with van der Waals surface area (Å²) < 4.78 is 5.79. The number of rotatable bonds is 8. The summed E-state index contributed by atoms with van der Waals surface area (Å²) in [7, 11) is 0. The van der Waals surface area contributed by atoms with Crippen LogP contribution in [0.1, 0.15) is 29.5 Å². The maximum Gasteiger partial charge on any atom is 0.119 e. The van der Waals surface area contributed by atoms with Crippen LogP contribution in [0.15, 0.2) is 84.9 Å². The van der Waals surface area contributed by atoms with Gasteiger partial charge in [-0.1, -0.05) is 84.4 Å². The molecule has 3 heteroatoms. The van der Waals surface area contributed by atoms with E-state index < -0.39 is 0 Å². The zero-order valence-electron chi connectivity index (χ0n) is 15.1. The Hall–Kier alpha value is -2.22.